The van der Waals surface area contributed by atoms with Gasteiger partial charge in [-0.25, -0.2) is 0 Å². The second kappa shape index (κ2) is 10.1. The minimum Gasteiger partial charge on any atom is -0.385 e. The molecular weight excluding hydrogens is 460 g/mol. The van der Waals surface area contributed by atoms with Gasteiger partial charge < -0.3 is 10.0 Å². The van der Waals surface area contributed by atoms with Crippen LogP contribution < -0.4 is 0 Å². The second-order valence-electron chi connectivity index (χ2n) is 9.37. The first-order chi connectivity index (χ1) is 16.6. The minimum absolute atomic E-state index is 0.171. The molecule has 5 heteroatoms. The van der Waals surface area contributed by atoms with E-state index in [4.69, 9.17) is 11.6 Å². The number of hydrogen-bond donors (Lipinski definition) is 1. The molecule has 1 N–H and O–H groups in total. The van der Waals surface area contributed by atoms with Crippen LogP contribution in [0.3, 0.4) is 0 Å². The van der Waals surface area contributed by atoms with Crippen LogP contribution in [0.15, 0.2) is 77.7 Å². The topological polar surface area (TPSA) is 47.3 Å². The first-order valence-electron chi connectivity index (χ1n) is 12.0. The third-order valence-corrected chi connectivity index (χ3v) is 8.82. The number of aliphatic hydroxyl groups is 1. The van der Waals surface area contributed by atoms with Crippen LogP contribution in [0.5, 0.6) is 0 Å². The maximum absolute atomic E-state index is 11.2. The first-order valence-corrected chi connectivity index (χ1v) is 13.3. The quantitative estimate of drug-likeness (QED) is 0.424. The van der Waals surface area contributed by atoms with Crippen molar-refractivity contribution in [3.63, 3.8) is 0 Å². The van der Waals surface area contributed by atoms with Crippen LogP contribution in [0.1, 0.15) is 59.1 Å². The van der Waals surface area contributed by atoms with Gasteiger partial charge in [-0.05, 0) is 72.7 Å². The molecule has 1 fully saturated rings. The molecular formula is C29H29ClN2OS. The number of hydrogen-bond acceptors (Lipinski definition) is 4. The molecule has 1 saturated heterocycles. The minimum atomic E-state index is -0.760. The van der Waals surface area contributed by atoms with Gasteiger partial charge in [0.15, 0.2) is 0 Å². The maximum Gasteiger partial charge on any atom is 0.121 e. The van der Waals surface area contributed by atoms with Crippen molar-refractivity contribution in [2.24, 2.45) is 0 Å². The van der Waals surface area contributed by atoms with Crippen molar-refractivity contribution in [2.75, 3.05) is 19.6 Å². The van der Waals surface area contributed by atoms with Crippen LogP contribution in [0.25, 0.3) is 0 Å². The van der Waals surface area contributed by atoms with E-state index in [9.17, 15) is 10.4 Å². The van der Waals surface area contributed by atoms with Crippen molar-refractivity contribution in [2.45, 2.75) is 47.3 Å². The van der Waals surface area contributed by atoms with Crippen LogP contribution in [0.2, 0.25) is 5.02 Å². The van der Waals surface area contributed by atoms with Gasteiger partial charge in [0, 0.05) is 28.9 Å². The van der Waals surface area contributed by atoms with Crippen molar-refractivity contribution in [3.05, 3.63) is 100 Å². The number of nitriles is 1. The van der Waals surface area contributed by atoms with Crippen molar-refractivity contribution in [3.8, 4) is 6.07 Å². The lowest BCUT2D eigenvalue weighted by Gasteiger charge is -2.38. The van der Waals surface area contributed by atoms with Crippen molar-refractivity contribution >= 4 is 23.4 Å². The summed E-state index contributed by atoms with van der Waals surface area (Å²) in [6.45, 7) is 2.80. The molecule has 0 bridgehead atoms. The third kappa shape index (κ3) is 4.76. The Morgan fingerprint density at radius 3 is 2.29 bits per heavy atom. The Morgan fingerprint density at radius 1 is 0.941 bits per heavy atom. The maximum atomic E-state index is 11.2. The summed E-state index contributed by atoms with van der Waals surface area (Å²) in [4.78, 5) is 3.70. The number of rotatable bonds is 5. The van der Waals surface area contributed by atoms with E-state index >= 15 is 0 Å². The summed E-state index contributed by atoms with van der Waals surface area (Å²) in [7, 11) is 0. The summed E-state index contributed by atoms with van der Waals surface area (Å²) >= 11 is 7.70. The summed E-state index contributed by atoms with van der Waals surface area (Å²) in [6.07, 6.45) is 3.60. The average molecular weight is 489 g/mol. The number of benzene rings is 3. The Bertz CT molecular complexity index is 1180. The van der Waals surface area contributed by atoms with Crippen LogP contribution in [0.4, 0.5) is 0 Å². The van der Waals surface area contributed by atoms with E-state index in [-0.39, 0.29) is 5.25 Å². The Labute approximate surface area is 211 Å². The normalized spacial score (nSPS) is 21.7. The molecule has 2 heterocycles. The highest BCUT2D eigenvalue weighted by atomic mass is 35.5. The molecule has 34 heavy (non-hydrogen) atoms. The van der Waals surface area contributed by atoms with Gasteiger partial charge in [0.05, 0.1) is 11.7 Å². The fraction of sp³-hybridized carbons (Fsp3) is 0.345. The third-order valence-electron chi connectivity index (χ3n) is 7.34. The highest BCUT2D eigenvalue weighted by molar-refractivity contribution is 7.99. The van der Waals surface area contributed by atoms with Crippen LogP contribution in [-0.2, 0) is 5.60 Å². The van der Waals surface area contributed by atoms with Crippen LogP contribution >= 0.6 is 23.4 Å². The average Bonchev–Trinajstić information content (AvgIpc) is 3.00. The lowest BCUT2D eigenvalue weighted by Crippen LogP contribution is -2.42. The van der Waals surface area contributed by atoms with E-state index in [1.54, 1.807) is 11.8 Å². The zero-order valence-electron chi connectivity index (χ0n) is 19.2. The second-order valence-corrected chi connectivity index (χ2v) is 11.0. The fourth-order valence-corrected chi connectivity index (χ4v) is 6.70. The number of halogens is 1. The fourth-order valence-electron chi connectivity index (χ4n) is 5.42. The highest BCUT2D eigenvalue weighted by Crippen LogP contribution is 2.48. The number of nitrogens with zero attached hydrogens (tertiary/aromatic N) is 2. The molecule has 0 spiro atoms. The van der Waals surface area contributed by atoms with Crippen molar-refractivity contribution in [1.82, 2.24) is 4.90 Å². The smallest absolute Gasteiger partial charge is 0.121 e. The predicted molar refractivity (Wildman–Crippen MR) is 139 cm³/mol. The molecule has 0 amide bonds. The van der Waals surface area contributed by atoms with Crippen molar-refractivity contribution in [1.29, 1.82) is 5.26 Å². The van der Waals surface area contributed by atoms with Crippen molar-refractivity contribution < 1.29 is 5.11 Å². The molecule has 0 saturated carbocycles. The molecule has 3 aromatic rings. The zero-order valence-corrected chi connectivity index (χ0v) is 20.7. The summed E-state index contributed by atoms with van der Waals surface area (Å²) in [6, 6.07) is 27.2. The first kappa shape index (κ1) is 23.5. The van der Waals surface area contributed by atoms with E-state index in [1.807, 2.05) is 30.3 Å². The number of piperidine rings is 1. The Kier molecular flexibility index (Phi) is 6.99. The van der Waals surface area contributed by atoms with Gasteiger partial charge >= 0.3 is 0 Å². The van der Waals surface area contributed by atoms with Gasteiger partial charge in [0.1, 0.15) is 5.25 Å². The van der Waals surface area contributed by atoms with Gasteiger partial charge in [-0.2, -0.15) is 5.26 Å². The summed E-state index contributed by atoms with van der Waals surface area (Å²) < 4.78 is 0. The van der Waals surface area contributed by atoms with Gasteiger partial charge in [-0.1, -0.05) is 66.2 Å². The zero-order chi connectivity index (χ0) is 23.5. The van der Waals surface area contributed by atoms with Gasteiger partial charge in [0.25, 0.3) is 0 Å². The summed E-state index contributed by atoms with van der Waals surface area (Å²) in [5.74, 6) is 0.300. The number of fused-ring (bicyclic) bond motifs is 2. The molecule has 3 nitrogen and oxygen atoms in total. The lowest BCUT2D eigenvalue weighted by atomic mass is 9.83. The highest BCUT2D eigenvalue weighted by Gasteiger charge is 2.34. The molecule has 2 aliphatic heterocycles. The lowest BCUT2D eigenvalue weighted by molar-refractivity contribution is -0.0261. The molecule has 3 aromatic carbocycles. The van der Waals surface area contributed by atoms with Gasteiger partial charge in [-0.15, -0.1) is 11.8 Å². The molecule has 0 radical (unpaired) electrons. The Balaban J connectivity index is 1.26. The summed E-state index contributed by atoms with van der Waals surface area (Å²) in [5, 5.41) is 21.6. The van der Waals surface area contributed by atoms with E-state index in [0.29, 0.717) is 10.9 Å². The molecule has 174 valence electrons. The Hall–Kier alpha value is -2.29. The van der Waals surface area contributed by atoms with Crippen LogP contribution in [-0.4, -0.2) is 29.6 Å². The molecule has 2 aliphatic rings. The Morgan fingerprint density at radius 2 is 1.59 bits per heavy atom. The van der Waals surface area contributed by atoms with Gasteiger partial charge in [-0.3, -0.25) is 0 Å². The van der Waals surface area contributed by atoms with E-state index in [2.05, 4.69) is 53.4 Å². The number of likely N-dealkylation sites (tertiary alicyclic amines) is 1. The number of thioether (sulfide) groups is 1. The molecule has 0 aromatic heterocycles. The van der Waals surface area contributed by atoms with E-state index in [0.717, 1.165) is 56.4 Å². The van der Waals surface area contributed by atoms with E-state index < -0.39 is 5.60 Å². The largest absolute Gasteiger partial charge is 0.385 e. The molecule has 2 atom stereocenters. The SMILES string of the molecule is N#CC1Sc2ccccc2C(CCCN2CCC(O)(c3ccc(Cl)cc3)CC2)c2ccccc21. The molecule has 5 rings (SSSR count). The van der Waals surface area contributed by atoms with Gasteiger partial charge in [0.2, 0.25) is 0 Å². The van der Waals surface area contributed by atoms with Crippen LogP contribution in [0, 0.1) is 11.3 Å². The molecule has 2 unspecified atom stereocenters. The standard InChI is InChI=1S/C29H29ClN2OS/c30-22-13-11-21(12-14-22)29(33)15-18-32(19-16-29)17-5-9-24-23-6-1-2-8-26(23)28(20-31)34-27-10-4-3-7-25(24)27/h1-4,6-8,10-14,24,28,33H,5,9,15-19H2. The predicted octanol–water partition coefficient (Wildman–Crippen LogP) is 6.91. The summed E-state index contributed by atoms with van der Waals surface area (Å²) in [5.41, 5.74) is 4.00. The van der Waals surface area contributed by atoms with E-state index in [1.165, 1.54) is 16.0 Å². The molecule has 0 aliphatic carbocycles. The monoisotopic (exact) mass is 488 g/mol.